The van der Waals surface area contributed by atoms with Gasteiger partial charge in [0.25, 0.3) is 0 Å². The van der Waals surface area contributed by atoms with Crippen LogP contribution >= 0.6 is 0 Å². The number of rotatable bonds is 4. The minimum absolute atomic E-state index is 0.0719. The number of carbonyl (C=O) groups excluding carboxylic acids is 3. The standard InChI is InChI=1S/C17H17NO4/c1-9(19)12-4-2-3-5-13(12)18-16(20)14-10-6-7-11(8-10)15(14)17(21)22/h2-7,10-11,14-15H,8H2,1H3,(H,18,20)(H,21,22)/p-1/t10-,11+,14+,15+/m1/s1. The molecule has 22 heavy (non-hydrogen) atoms. The lowest BCUT2D eigenvalue weighted by Gasteiger charge is -2.28. The lowest BCUT2D eigenvalue weighted by Crippen LogP contribution is -2.43. The second-order valence-corrected chi connectivity index (χ2v) is 5.91. The lowest BCUT2D eigenvalue weighted by atomic mass is 9.82. The Balaban J connectivity index is 1.85. The molecule has 0 heterocycles. The third kappa shape index (κ3) is 2.32. The molecule has 4 atom stereocenters. The number of hydrogen-bond donors (Lipinski definition) is 1. The van der Waals surface area contributed by atoms with Crippen molar-refractivity contribution in [2.75, 3.05) is 5.32 Å². The number of benzene rings is 1. The summed E-state index contributed by atoms with van der Waals surface area (Å²) in [6.07, 6.45) is 4.44. The van der Waals surface area contributed by atoms with E-state index in [1.54, 1.807) is 24.3 Å². The molecule has 1 aromatic rings. The number of hydrogen-bond acceptors (Lipinski definition) is 4. The van der Waals surface area contributed by atoms with Crippen molar-refractivity contribution in [2.45, 2.75) is 13.3 Å². The van der Waals surface area contributed by atoms with Crippen LogP contribution in [0.3, 0.4) is 0 Å². The van der Waals surface area contributed by atoms with Gasteiger partial charge in [-0.3, -0.25) is 9.59 Å². The Morgan fingerprint density at radius 3 is 2.36 bits per heavy atom. The molecule has 1 saturated carbocycles. The van der Waals surface area contributed by atoms with Crippen LogP contribution in [0.4, 0.5) is 5.69 Å². The molecule has 0 radical (unpaired) electrons. The molecule has 0 aromatic heterocycles. The highest BCUT2D eigenvalue weighted by Crippen LogP contribution is 2.48. The van der Waals surface area contributed by atoms with Gasteiger partial charge in [0.05, 0.1) is 11.6 Å². The van der Waals surface area contributed by atoms with E-state index in [-0.39, 0.29) is 23.5 Å². The molecular formula is C17H16NO4-. The molecule has 0 unspecified atom stereocenters. The molecule has 2 aliphatic rings. The summed E-state index contributed by atoms with van der Waals surface area (Å²) in [5.74, 6) is -3.33. The van der Waals surface area contributed by atoms with E-state index in [1.807, 2.05) is 12.2 Å². The minimum atomic E-state index is -1.18. The van der Waals surface area contributed by atoms with Crippen LogP contribution < -0.4 is 10.4 Å². The van der Waals surface area contributed by atoms with Crippen molar-refractivity contribution in [1.82, 2.24) is 0 Å². The van der Waals surface area contributed by atoms with Crippen LogP contribution in [0.5, 0.6) is 0 Å². The zero-order chi connectivity index (χ0) is 15.9. The first-order valence-corrected chi connectivity index (χ1v) is 7.29. The molecule has 5 heteroatoms. The summed E-state index contributed by atoms with van der Waals surface area (Å²) in [4.78, 5) is 35.5. The minimum Gasteiger partial charge on any atom is -0.550 e. The summed E-state index contributed by atoms with van der Waals surface area (Å²) in [5, 5.41) is 14.1. The summed E-state index contributed by atoms with van der Waals surface area (Å²) in [6.45, 7) is 1.43. The molecule has 1 N–H and O–H groups in total. The van der Waals surface area contributed by atoms with Gasteiger partial charge in [-0.2, -0.15) is 0 Å². The van der Waals surface area contributed by atoms with Crippen LogP contribution in [0, 0.1) is 23.7 Å². The Labute approximate surface area is 128 Å². The normalized spacial score (nSPS) is 28.6. The first kappa shape index (κ1) is 14.5. The zero-order valence-electron chi connectivity index (χ0n) is 12.1. The van der Waals surface area contributed by atoms with Crippen LogP contribution in [0.25, 0.3) is 0 Å². The summed E-state index contributed by atoms with van der Waals surface area (Å²) in [6, 6.07) is 6.72. The van der Waals surface area contributed by atoms with Crippen molar-refractivity contribution in [2.24, 2.45) is 23.7 Å². The zero-order valence-corrected chi connectivity index (χ0v) is 12.1. The Kier molecular flexibility index (Phi) is 3.56. The van der Waals surface area contributed by atoms with E-state index in [9.17, 15) is 19.5 Å². The van der Waals surface area contributed by atoms with Gasteiger partial charge in [-0.15, -0.1) is 0 Å². The average molecular weight is 298 g/mol. The predicted octanol–water partition coefficient (Wildman–Crippen LogP) is 1.02. The predicted molar refractivity (Wildman–Crippen MR) is 77.8 cm³/mol. The van der Waals surface area contributed by atoms with Crippen LogP contribution in [-0.2, 0) is 9.59 Å². The number of fused-ring (bicyclic) bond motifs is 2. The molecule has 0 aliphatic heterocycles. The molecule has 0 spiro atoms. The molecular weight excluding hydrogens is 282 g/mol. The van der Waals surface area contributed by atoms with Crippen molar-refractivity contribution in [3.05, 3.63) is 42.0 Å². The number of ketones is 1. The maximum atomic E-state index is 12.5. The molecule has 1 fully saturated rings. The van der Waals surface area contributed by atoms with Crippen molar-refractivity contribution >= 4 is 23.3 Å². The van der Waals surface area contributed by atoms with Gasteiger partial charge in [0.2, 0.25) is 5.91 Å². The average Bonchev–Trinajstić information content (AvgIpc) is 3.08. The molecule has 5 nitrogen and oxygen atoms in total. The summed E-state index contributed by atoms with van der Waals surface area (Å²) >= 11 is 0. The molecule has 2 aliphatic carbocycles. The number of carboxylic acids is 1. The van der Waals surface area contributed by atoms with Crippen LogP contribution in [0.15, 0.2) is 36.4 Å². The molecule has 3 rings (SSSR count). The molecule has 1 aromatic carbocycles. The number of para-hydroxylation sites is 1. The number of allylic oxidation sites excluding steroid dienone is 2. The van der Waals surface area contributed by atoms with E-state index in [2.05, 4.69) is 5.32 Å². The van der Waals surface area contributed by atoms with E-state index in [0.29, 0.717) is 17.7 Å². The highest BCUT2D eigenvalue weighted by atomic mass is 16.4. The van der Waals surface area contributed by atoms with Gasteiger partial charge >= 0.3 is 0 Å². The van der Waals surface area contributed by atoms with Crippen molar-refractivity contribution < 1.29 is 19.5 Å². The van der Waals surface area contributed by atoms with Gasteiger partial charge in [0.1, 0.15) is 0 Å². The fourth-order valence-electron chi connectivity index (χ4n) is 3.62. The van der Waals surface area contributed by atoms with Crippen LogP contribution in [0.2, 0.25) is 0 Å². The molecule has 0 saturated heterocycles. The maximum Gasteiger partial charge on any atom is 0.228 e. The summed E-state index contributed by atoms with van der Waals surface area (Å²) in [5.41, 5.74) is 0.836. The SMILES string of the molecule is CC(=O)c1ccccc1NC(=O)[C@@H]1[C@@H](C(=O)[O-])[C@H]2C=C[C@@H]1C2. The van der Waals surface area contributed by atoms with E-state index < -0.39 is 17.8 Å². The Morgan fingerprint density at radius 2 is 1.73 bits per heavy atom. The van der Waals surface area contributed by atoms with Crippen molar-refractivity contribution in [3.8, 4) is 0 Å². The van der Waals surface area contributed by atoms with Gasteiger partial charge in [0, 0.05) is 17.5 Å². The molecule has 114 valence electrons. The third-order valence-electron chi connectivity index (χ3n) is 4.60. The number of carbonyl (C=O) groups is 3. The van der Waals surface area contributed by atoms with E-state index in [1.165, 1.54) is 6.92 Å². The van der Waals surface area contributed by atoms with Gasteiger partial charge in [0.15, 0.2) is 5.78 Å². The first-order valence-electron chi connectivity index (χ1n) is 7.29. The van der Waals surface area contributed by atoms with Gasteiger partial charge < -0.3 is 15.2 Å². The van der Waals surface area contributed by atoms with E-state index in [0.717, 1.165) is 0 Å². The second-order valence-electron chi connectivity index (χ2n) is 5.91. The maximum absolute atomic E-state index is 12.5. The van der Waals surface area contributed by atoms with Crippen LogP contribution in [0.1, 0.15) is 23.7 Å². The number of anilines is 1. The van der Waals surface area contributed by atoms with Gasteiger partial charge in [-0.25, -0.2) is 0 Å². The fourth-order valence-corrected chi connectivity index (χ4v) is 3.62. The quantitative estimate of drug-likeness (QED) is 0.664. The number of aliphatic carboxylic acids is 1. The van der Waals surface area contributed by atoms with E-state index in [4.69, 9.17) is 0 Å². The molecule has 1 amide bonds. The van der Waals surface area contributed by atoms with Gasteiger partial charge in [-0.1, -0.05) is 24.3 Å². The topological polar surface area (TPSA) is 86.3 Å². The number of Topliss-reactive ketones (excluding diaryl/α,β-unsaturated/α-hetero) is 1. The summed E-state index contributed by atoms with van der Waals surface area (Å²) in [7, 11) is 0. The highest BCUT2D eigenvalue weighted by Gasteiger charge is 2.48. The Morgan fingerprint density at radius 1 is 1.09 bits per heavy atom. The number of carboxylic acid groups (broad SMARTS) is 1. The van der Waals surface area contributed by atoms with Crippen LogP contribution in [-0.4, -0.2) is 17.7 Å². The highest BCUT2D eigenvalue weighted by molar-refractivity contribution is 6.04. The molecule has 2 bridgehead atoms. The van der Waals surface area contributed by atoms with Crippen molar-refractivity contribution in [1.29, 1.82) is 0 Å². The summed E-state index contributed by atoms with van der Waals surface area (Å²) < 4.78 is 0. The Hall–Kier alpha value is -2.43. The van der Waals surface area contributed by atoms with E-state index >= 15 is 0 Å². The number of amides is 1. The second kappa shape index (κ2) is 5.40. The third-order valence-corrected chi connectivity index (χ3v) is 4.60. The largest absolute Gasteiger partial charge is 0.550 e. The Bertz CT molecular complexity index is 679. The monoisotopic (exact) mass is 298 g/mol. The smallest absolute Gasteiger partial charge is 0.228 e. The fraction of sp³-hybridized carbons (Fsp3) is 0.353. The number of nitrogens with one attached hydrogen (secondary N) is 1. The van der Waals surface area contributed by atoms with Crippen molar-refractivity contribution in [3.63, 3.8) is 0 Å². The first-order chi connectivity index (χ1) is 10.5. The lowest BCUT2D eigenvalue weighted by molar-refractivity contribution is -0.313. The van der Waals surface area contributed by atoms with Gasteiger partial charge in [-0.05, 0) is 37.3 Å².